The minimum atomic E-state index is 0.294. The van der Waals surface area contributed by atoms with Crippen molar-refractivity contribution >= 4 is 22.7 Å². The van der Waals surface area contributed by atoms with Crippen LogP contribution < -0.4 is 5.73 Å². The fourth-order valence-corrected chi connectivity index (χ4v) is 3.07. The summed E-state index contributed by atoms with van der Waals surface area (Å²) in [5.74, 6) is 2.07. The third-order valence-electron chi connectivity index (χ3n) is 2.99. The van der Waals surface area contributed by atoms with Crippen molar-refractivity contribution in [2.24, 2.45) is 5.73 Å². The average molecular weight is 263 g/mol. The highest BCUT2D eigenvalue weighted by Gasteiger charge is 2.08. The molecule has 0 bridgehead atoms. The number of rotatable bonds is 6. The predicted molar refractivity (Wildman–Crippen MR) is 79.8 cm³/mol. The highest BCUT2D eigenvalue weighted by molar-refractivity contribution is 7.98. The van der Waals surface area contributed by atoms with E-state index in [2.05, 4.69) is 47.9 Å². The molecule has 0 amide bonds. The Kier molecular flexibility index (Phi) is 4.66. The minimum Gasteiger partial charge on any atom is -0.328 e. The maximum Gasteiger partial charge on any atom is 0.0802 e. The van der Waals surface area contributed by atoms with Gasteiger partial charge in [-0.25, -0.2) is 0 Å². The van der Waals surface area contributed by atoms with Crippen LogP contribution >= 0.6 is 11.8 Å². The number of benzene rings is 1. The molecule has 98 valence electrons. The van der Waals surface area contributed by atoms with Crippen LogP contribution in [-0.4, -0.2) is 21.6 Å². The van der Waals surface area contributed by atoms with Crippen LogP contribution in [0.2, 0.25) is 0 Å². The smallest absolute Gasteiger partial charge is 0.0802 e. The van der Waals surface area contributed by atoms with Crippen molar-refractivity contribution in [3.05, 3.63) is 30.0 Å². The molecule has 0 radical (unpaired) electrons. The van der Waals surface area contributed by atoms with Crippen molar-refractivity contribution in [1.29, 1.82) is 0 Å². The number of fused-ring (bicyclic) bond motifs is 1. The predicted octanol–water partition coefficient (Wildman–Crippen LogP) is 3.03. The largest absolute Gasteiger partial charge is 0.328 e. The lowest BCUT2D eigenvalue weighted by molar-refractivity contribution is 0.675. The first-order valence-corrected chi connectivity index (χ1v) is 7.65. The van der Waals surface area contributed by atoms with Gasteiger partial charge in [0.2, 0.25) is 0 Å². The van der Waals surface area contributed by atoms with E-state index in [1.807, 2.05) is 11.8 Å². The van der Waals surface area contributed by atoms with Crippen LogP contribution in [0.3, 0.4) is 0 Å². The van der Waals surface area contributed by atoms with E-state index >= 15 is 0 Å². The monoisotopic (exact) mass is 263 g/mol. The standard InChI is InChI=1S/C14H21N3S/c1-3-17-14-7-5-4-6-12(14)13(16-17)10-18-9-8-11(2)15/h4-7,11H,3,8-10,15H2,1-2H3. The third-order valence-corrected chi connectivity index (χ3v) is 3.99. The molecule has 0 aliphatic heterocycles. The van der Waals surface area contributed by atoms with E-state index in [1.165, 1.54) is 16.6 Å². The summed E-state index contributed by atoms with van der Waals surface area (Å²) in [5, 5.41) is 5.97. The molecular formula is C14H21N3S. The van der Waals surface area contributed by atoms with E-state index < -0.39 is 0 Å². The molecule has 0 fully saturated rings. The molecule has 1 unspecified atom stereocenters. The SMILES string of the molecule is CCn1nc(CSCCC(C)N)c2ccccc21. The van der Waals surface area contributed by atoms with Crippen LogP contribution in [0.5, 0.6) is 0 Å². The summed E-state index contributed by atoms with van der Waals surface area (Å²) in [6.45, 7) is 5.11. The first kappa shape index (κ1) is 13.4. The van der Waals surface area contributed by atoms with E-state index in [0.29, 0.717) is 6.04 Å². The van der Waals surface area contributed by atoms with Gasteiger partial charge in [-0.2, -0.15) is 16.9 Å². The van der Waals surface area contributed by atoms with Crippen LogP contribution in [0, 0.1) is 0 Å². The molecule has 3 nitrogen and oxygen atoms in total. The van der Waals surface area contributed by atoms with Gasteiger partial charge in [-0.15, -0.1) is 0 Å². The van der Waals surface area contributed by atoms with Crippen LogP contribution in [0.1, 0.15) is 26.0 Å². The maximum absolute atomic E-state index is 5.75. The molecule has 0 saturated carbocycles. The van der Waals surface area contributed by atoms with Gasteiger partial charge in [0.15, 0.2) is 0 Å². The number of thioether (sulfide) groups is 1. The van der Waals surface area contributed by atoms with Crippen LogP contribution in [0.25, 0.3) is 10.9 Å². The summed E-state index contributed by atoms with van der Waals surface area (Å²) in [6, 6.07) is 8.75. The Morgan fingerprint density at radius 1 is 1.39 bits per heavy atom. The first-order chi connectivity index (χ1) is 8.72. The van der Waals surface area contributed by atoms with Gasteiger partial charge in [0, 0.05) is 23.7 Å². The second kappa shape index (κ2) is 6.25. The lowest BCUT2D eigenvalue weighted by Gasteiger charge is -2.03. The second-order valence-corrected chi connectivity index (χ2v) is 5.70. The molecular weight excluding hydrogens is 242 g/mol. The Balaban J connectivity index is 2.08. The highest BCUT2D eigenvalue weighted by atomic mass is 32.2. The molecule has 2 N–H and O–H groups in total. The van der Waals surface area contributed by atoms with Crippen LogP contribution in [0.4, 0.5) is 0 Å². The zero-order chi connectivity index (χ0) is 13.0. The molecule has 0 aliphatic carbocycles. The van der Waals surface area contributed by atoms with Gasteiger partial charge in [-0.1, -0.05) is 18.2 Å². The Hall–Kier alpha value is -1.00. The summed E-state index contributed by atoms with van der Waals surface area (Å²) >= 11 is 1.92. The Labute approximate surface area is 113 Å². The molecule has 1 heterocycles. The van der Waals surface area contributed by atoms with Gasteiger partial charge in [0.1, 0.15) is 0 Å². The van der Waals surface area contributed by atoms with Crippen molar-refractivity contribution in [3.8, 4) is 0 Å². The van der Waals surface area contributed by atoms with E-state index in [4.69, 9.17) is 5.73 Å². The van der Waals surface area contributed by atoms with Crippen molar-refractivity contribution in [3.63, 3.8) is 0 Å². The number of para-hydroxylation sites is 1. The quantitative estimate of drug-likeness (QED) is 0.815. The molecule has 2 rings (SSSR count). The normalized spacial score (nSPS) is 13.1. The molecule has 1 aromatic carbocycles. The number of aryl methyl sites for hydroxylation is 1. The lowest BCUT2D eigenvalue weighted by Crippen LogP contribution is -2.15. The lowest BCUT2D eigenvalue weighted by atomic mass is 10.2. The van der Waals surface area contributed by atoms with Crippen LogP contribution in [0.15, 0.2) is 24.3 Å². The van der Waals surface area contributed by atoms with Gasteiger partial charge in [0.25, 0.3) is 0 Å². The van der Waals surface area contributed by atoms with Gasteiger partial charge in [-0.05, 0) is 32.1 Å². The van der Waals surface area contributed by atoms with E-state index in [-0.39, 0.29) is 0 Å². The Morgan fingerprint density at radius 3 is 2.89 bits per heavy atom. The molecule has 2 aromatic rings. The summed E-state index contributed by atoms with van der Waals surface area (Å²) < 4.78 is 2.08. The zero-order valence-electron chi connectivity index (χ0n) is 11.1. The van der Waals surface area contributed by atoms with Crippen LogP contribution in [-0.2, 0) is 12.3 Å². The third kappa shape index (κ3) is 3.06. The van der Waals surface area contributed by atoms with E-state index in [1.54, 1.807) is 0 Å². The number of hydrogen-bond acceptors (Lipinski definition) is 3. The number of nitrogens with zero attached hydrogens (tertiary/aromatic N) is 2. The van der Waals surface area contributed by atoms with E-state index in [9.17, 15) is 0 Å². The van der Waals surface area contributed by atoms with E-state index in [0.717, 1.165) is 24.5 Å². The minimum absolute atomic E-state index is 0.294. The van der Waals surface area contributed by atoms with Gasteiger partial charge < -0.3 is 5.73 Å². The molecule has 4 heteroatoms. The topological polar surface area (TPSA) is 43.8 Å². The van der Waals surface area contributed by atoms with Gasteiger partial charge in [0.05, 0.1) is 11.2 Å². The Bertz CT molecular complexity index is 505. The fourth-order valence-electron chi connectivity index (χ4n) is 1.98. The first-order valence-electron chi connectivity index (χ1n) is 6.50. The average Bonchev–Trinajstić information content (AvgIpc) is 2.73. The molecule has 1 atom stereocenters. The van der Waals surface area contributed by atoms with Crippen molar-refractivity contribution in [2.45, 2.75) is 38.6 Å². The summed E-state index contributed by atoms with van der Waals surface area (Å²) in [4.78, 5) is 0. The summed E-state index contributed by atoms with van der Waals surface area (Å²) in [5.41, 5.74) is 8.19. The number of nitrogens with two attached hydrogens (primary N) is 1. The molecule has 0 spiro atoms. The molecule has 18 heavy (non-hydrogen) atoms. The van der Waals surface area contributed by atoms with Crippen molar-refractivity contribution in [1.82, 2.24) is 9.78 Å². The molecule has 0 saturated heterocycles. The van der Waals surface area contributed by atoms with Gasteiger partial charge in [-0.3, -0.25) is 4.68 Å². The summed E-state index contributed by atoms with van der Waals surface area (Å²) in [6.07, 6.45) is 1.07. The zero-order valence-corrected chi connectivity index (χ0v) is 11.9. The number of hydrogen-bond donors (Lipinski definition) is 1. The highest BCUT2D eigenvalue weighted by Crippen LogP contribution is 2.22. The molecule has 1 aromatic heterocycles. The van der Waals surface area contributed by atoms with Gasteiger partial charge >= 0.3 is 0 Å². The summed E-state index contributed by atoms with van der Waals surface area (Å²) in [7, 11) is 0. The Morgan fingerprint density at radius 2 is 2.17 bits per heavy atom. The van der Waals surface area contributed by atoms with Crippen molar-refractivity contribution < 1.29 is 0 Å². The maximum atomic E-state index is 5.75. The second-order valence-electron chi connectivity index (χ2n) is 4.60. The number of aromatic nitrogens is 2. The van der Waals surface area contributed by atoms with Crippen molar-refractivity contribution in [2.75, 3.05) is 5.75 Å². The molecule has 0 aliphatic rings. The fraction of sp³-hybridized carbons (Fsp3) is 0.500.